The van der Waals surface area contributed by atoms with Crippen LogP contribution in [0.2, 0.25) is 5.02 Å². The fourth-order valence-corrected chi connectivity index (χ4v) is 5.03. The van der Waals surface area contributed by atoms with Crippen LogP contribution in [0.15, 0.2) is 53.5 Å². The number of likely N-dealkylation sites (N-methyl/N-ethyl adjacent to an activating group) is 1. The van der Waals surface area contributed by atoms with E-state index in [0.29, 0.717) is 10.7 Å². The van der Waals surface area contributed by atoms with Gasteiger partial charge in [0.05, 0.1) is 22.1 Å². The Labute approximate surface area is 218 Å². The number of fused-ring (bicyclic) bond motifs is 1. The Morgan fingerprint density at radius 3 is 2.58 bits per heavy atom. The Balaban J connectivity index is 1.14. The van der Waals surface area contributed by atoms with E-state index in [0.717, 1.165) is 79.7 Å². The predicted octanol–water partition coefficient (Wildman–Crippen LogP) is 4.91. The van der Waals surface area contributed by atoms with E-state index in [1.165, 1.54) is 24.0 Å². The summed E-state index contributed by atoms with van der Waals surface area (Å²) >= 11 is 6.48. The molecule has 0 N–H and O–H groups in total. The number of halogens is 1. The van der Waals surface area contributed by atoms with Crippen LogP contribution in [0.1, 0.15) is 46.5 Å². The van der Waals surface area contributed by atoms with E-state index >= 15 is 0 Å². The quantitative estimate of drug-likeness (QED) is 0.472. The van der Waals surface area contributed by atoms with Crippen LogP contribution in [-0.4, -0.2) is 58.9 Å². The number of benzene rings is 2. The largest absolute Gasteiger partial charge is 0.304 e. The third kappa shape index (κ3) is 5.52. The number of aromatic nitrogens is 2. The number of rotatable bonds is 5. The predicted molar refractivity (Wildman–Crippen MR) is 145 cm³/mol. The minimum atomic E-state index is 0.634. The van der Waals surface area contributed by atoms with Crippen molar-refractivity contribution in [3.8, 4) is 11.8 Å². The maximum absolute atomic E-state index is 6.48. The maximum Gasteiger partial charge on any atom is 0.136 e. The van der Waals surface area contributed by atoms with Crippen molar-refractivity contribution in [1.29, 1.82) is 0 Å². The molecule has 182 valence electrons. The van der Waals surface area contributed by atoms with Gasteiger partial charge in [-0.3, -0.25) is 9.89 Å². The highest BCUT2D eigenvalue weighted by Gasteiger charge is 2.22. The molecule has 1 saturated heterocycles. The van der Waals surface area contributed by atoms with Crippen molar-refractivity contribution in [1.82, 2.24) is 20.0 Å². The van der Waals surface area contributed by atoms with Gasteiger partial charge in [0.25, 0.3) is 0 Å². The van der Waals surface area contributed by atoms with E-state index in [1.807, 2.05) is 30.3 Å². The highest BCUT2D eigenvalue weighted by molar-refractivity contribution is 6.32. The summed E-state index contributed by atoms with van der Waals surface area (Å²) < 4.78 is 0. The van der Waals surface area contributed by atoms with E-state index in [4.69, 9.17) is 16.6 Å². The van der Waals surface area contributed by atoms with E-state index in [2.05, 4.69) is 57.1 Å². The first kappa shape index (κ1) is 23.4. The standard InChI is InChI=1S/C30H30ClN5/c1-35-12-14-36(15-13-35)20-22-4-11-29-25(16-22)19-30(32-29)24-6-10-28(31)23(18-24)5-7-26-8-9-27(34-33-26)17-21-2-3-21/h4,6,8-11,16,18,21H,2-3,12-15,17,19-20H2,1H3. The van der Waals surface area contributed by atoms with Crippen molar-refractivity contribution >= 4 is 23.0 Å². The van der Waals surface area contributed by atoms with Gasteiger partial charge in [-0.1, -0.05) is 35.7 Å². The fourth-order valence-electron chi connectivity index (χ4n) is 4.87. The average molecular weight is 496 g/mol. The lowest BCUT2D eigenvalue weighted by molar-refractivity contribution is 0.148. The molecule has 1 aliphatic carbocycles. The van der Waals surface area contributed by atoms with Gasteiger partial charge in [0.2, 0.25) is 0 Å². The van der Waals surface area contributed by atoms with Crippen molar-refractivity contribution in [3.63, 3.8) is 0 Å². The lowest BCUT2D eigenvalue weighted by Gasteiger charge is -2.32. The first-order chi connectivity index (χ1) is 17.6. The zero-order valence-electron chi connectivity index (χ0n) is 20.7. The summed E-state index contributed by atoms with van der Waals surface area (Å²) in [5, 5.41) is 9.26. The minimum Gasteiger partial charge on any atom is -0.304 e. The van der Waals surface area contributed by atoms with Gasteiger partial charge in [-0.15, -0.1) is 5.10 Å². The van der Waals surface area contributed by atoms with E-state index < -0.39 is 0 Å². The molecule has 2 aromatic carbocycles. The van der Waals surface area contributed by atoms with Crippen molar-refractivity contribution in [2.75, 3.05) is 33.2 Å². The molecule has 1 aromatic heterocycles. The molecule has 6 heteroatoms. The van der Waals surface area contributed by atoms with Crippen molar-refractivity contribution in [2.45, 2.75) is 32.2 Å². The maximum atomic E-state index is 6.48. The number of hydrogen-bond acceptors (Lipinski definition) is 5. The van der Waals surface area contributed by atoms with Crippen LogP contribution in [-0.2, 0) is 19.4 Å². The number of piperazine rings is 1. The molecule has 3 aromatic rings. The molecule has 36 heavy (non-hydrogen) atoms. The second-order valence-electron chi connectivity index (χ2n) is 10.3. The molecule has 3 aliphatic rings. The van der Waals surface area contributed by atoms with Crippen LogP contribution in [0.25, 0.3) is 0 Å². The normalized spacial score (nSPS) is 17.9. The molecule has 1 saturated carbocycles. The zero-order valence-corrected chi connectivity index (χ0v) is 21.4. The Kier molecular flexibility index (Phi) is 6.58. The highest BCUT2D eigenvalue weighted by atomic mass is 35.5. The van der Waals surface area contributed by atoms with E-state index in [9.17, 15) is 0 Å². The monoisotopic (exact) mass is 495 g/mol. The second-order valence-corrected chi connectivity index (χ2v) is 10.7. The van der Waals surface area contributed by atoms with Gasteiger partial charge in [0.1, 0.15) is 5.69 Å². The molecule has 6 rings (SSSR count). The van der Waals surface area contributed by atoms with Crippen LogP contribution in [0.3, 0.4) is 0 Å². The van der Waals surface area contributed by atoms with Gasteiger partial charge in [-0.25, -0.2) is 0 Å². The molecular formula is C30H30ClN5. The van der Waals surface area contributed by atoms with Gasteiger partial charge in [-0.2, -0.15) is 5.10 Å². The van der Waals surface area contributed by atoms with Crippen molar-refractivity contribution in [2.24, 2.45) is 10.9 Å². The van der Waals surface area contributed by atoms with Gasteiger partial charge < -0.3 is 4.90 Å². The van der Waals surface area contributed by atoms with Crippen LogP contribution in [0, 0.1) is 17.8 Å². The summed E-state index contributed by atoms with van der Waals surface area (Å²) in [6, 6.07) is 16.7. The van der Waals surface area contributed by atoms with Crippen molar-refractivity contribution in [3.05, 3.63) is 87.2 Å². The van der Waals surface area contributed by atoms with E-state index in [-0.39, 0.29) is 0 Å². The zero-order chi connectivity index (χ0) is 24.5. The van der Waals surface area contributed by atoms with E-state index in [1.54, 1.807) is 0 Å². The van der Waals surface area contributed by atoms with Crippen LogP contribution in [0.5, 0.6) is 0 Å². The Hall–Kier alpha value is -3.04. The number of hydrogen-bond donors (Lipinski definition) is 0. The topological polar surface area (TPSA) is 44.6 Å². The highest BCUT2D eigenvalue weighted by Crippen LogP contribution is 2.32. The molecule has 0 unspecified atom stereocenters. The summed E-state index contributed by atoms with van der Waals surface area (Å²) in [4.78, 5) is 9.86. The summed E-state index contributed by atoms with van der Waals surface area (Å²) in [5.74, 6) is 7.12. The molecule has 5 nitrogen and oxygen atoms in total. The van der Waals surface area contributed by atoms with Crippen LogP contribution in [0.4, 0.5) is 5.69 Å². The Morgan fingerprint density at radius 2 is 1.81 bits per heavy atom. The Bertz CT molecular complexity index is 1360. The van der Waals surface area contributed by atoms with Gasteiger partial charge in [-0.05, 0) is 85.2 Å². The molecule has 0 atom stereocenters. The number of aliphatic imine (C=N–C) groups is 1. The molecule has 0 radical (unpaired) electrons. The first-order valence-corrected chi connectivity index (χ1v) is 13.2. The first-order valence-electron chi connectivity index (χ1n) is 12.8. The summed E-state index contributed by atoms with van der Waals surface area (Å²) in [6.45, 7) is 5.53. The lowest BCUT2D eigenvalue weighted by atomic mass is 10.0. The molecule has 0 bridgehead atoms. The van der Waals surface area contributed by atoms with Gasteiger partial charge >= 0.3 is 0 Å². The summed E-state index contributed by atoms with van der Waals surface area (Å²) in [6.07, 6.45) is 4.48. The molecule has 2 fully saturated rings. The lowest BCUT2D eigenvalue weighted by Crippen LogP contribution is -2.43. The smallest absolute Gasteiger partial charge is 0.136 e. The fraction of sp³-hybridized carbons (Fsp3) is 0.367. The number of nitrogens with zero attached hydrogens (tertiary/aromatic N) is 5. The Morgan fingerprint density at radius 1 is 0.944 bits per heavy atom. The summed E-state index contributed by atoms with van der Waals surface area (Å²) in [5.41, 5.74) is 8.34. The van der Waals surface area contributed by atoms with Crippen molar-refractivity contribution < 1.29 is 0 Å². The second kappa shape index (κ2) is 10.1. The summed E-state index contributed by atoms with van der Waals surface area (Å²) in [7, 11) is 2.19. The SMILES string of the molecule is CN1CCN(Cc2ccc3c(c2)CC(c2ccc(Cl)c(C#Cc4ccc(CC5CC5)nn4)c2)=N3)CC1. The third-order valence-corrected chi connectivity index (χ3v) is 7.63. The molecule has 0 amide bonds. The van der Waals surface area contributed by atoms with Gasteiger partial charge in [0, 0.05) is 44.7 Å². The van der Waals surface area contributed by atoms with Crippen LogP contribution >= 0.6 is 11.6 Å². The van der Waals surface area contributed by atoms with Gasteiger partial charge in [0.15, 0.2) is 0 Å². The molecule has 0 spiro atoms. The molecular weight excluding hydrogens is 466 g/mol. The minimum absolute atomic E-state index is 0.634. The average Bonchev–Trinajstić information content (AvgIpc) is 3.61. The molecule has 2 aliphatic heterocycles. The molecule has 3 heterocycles. The third-order valence-electron chi connectivity index (χ3n) is 7.30. The van der Waals surface area contributed by atoms with Crippen LogP contribution < -0.4 is 0 Å².